The molecule has 0 bridgehead atoms. The summed E-state index contributed by atoms with van der Waals surface area (Å²) in [6, 6.07) is 6.83. The van der Waals surface area contributed by atoms with Gasteiger partial charge in [-0.15, -0.1) is 0 Å². The number of rotatable bonds is 4. The van der Waals surface area contributed by atoms with E-state index in [-0.39, 0.29) is 22.8 Å². The molecule has 0 aliphatic carbocycles. The Morgan fingerprint density at radius 2 is 2.10 bits per heavy atom. The third-order valence-electron chi connectivity index (χ3n) is 2.65. The zero-order chi connectivity index (χ0) is 15.4. The number of hydrogen-bond donors (Lipinski definition) is 3. The minimum absolute atomic E-state index is 0.0868. The van der Waals surface area contributed by atoms with Crippen LogP contribution in [0.25, 0.3) is 0 Å². The maximum absolute atomic E-state index is 12.1. The summed E-state index contributed by atoms with van der Waals surface area (Å²) in [5.74, 6) is -0.609. The molecule has 0 fully saturated rings. The standard InChI is InChI=1S/C12H11N5O4/c1-13-8-4-2-3-7(11(8)17(20)21)12(19)14-9-5-6-10(18)16-15-9/h2-6,13H,1H3,(H,16,18)(H,14,15,19). The highest BCUT2D eigenvalue weighted by atomic mass is 16.6. The van der Waals surface area contributed by atoms with Gasteiger partial charge in [0.2, 0.25) is 0 Å². The van der Waals surface area contributed by atoms with Crippen molar-refractivity contribution in [3.63, 3.8) is 0 Å². The molecule has 1 aromatic carbocycles. The Hall–Kier alpha value is -3.23. The second-order valence-electron chi connectivity index (χ2n) is 3.97. The third kappa shape index (κ3) is 3.03. The summed E-state index contributed by atoms with van der Waals surface area (Å²) in [5.41, 5.74) is -0.639. The average Bonchev–Trinajstić information content (AvgIpc) is 2.48. The van der Waals surface area contributed by atoms with Gasteiger partial charge in [0.1, 0.15) is 11.3 Å². The van der Waals surface area contributed by atoms with Crippen LogP contribution < -0.4 is 16.2 Å². The summed E-state index contributed by atoms with van der Waals surface area (Å²) in [5, 5.41) is 21.9. The van der Waals surface area contributed by atoms with Crippen molar-refractivity contribution in [1.82, 2.24) is 10.2 Å². The molecule has 0 radical (unpaired) electrons. The van der Waals surface area contributed by atoms with E-state index in [4.69, 9.17) is 0 Å². The largest absolute Gasteiger partial charge is 0.383 e. The molecule has 0 saturated carbocycles. The van der Waals surface area contributed by atoms with Crippen molar-refractivity contribution in [2.45, 2.75) is 0 Å². The third-order valence-corrected chi connectivity index (χ3v) is 2.65. The van der Waals surface area contributed by atoms with Crippen LogP contribution in [0.15, 0.2) is 35.1 Å². The number of nitrogens with one attached hydrogen (secondary N) is 3. The fourth-order valence-corrected chi connectivity index (χ4v) is 1.72. The molecule has 9 nitrogen and oxygen atoms in total. The van der Waals surface area contributed by atoms with Crippen molar-refractivity contribution >= 4 is 23.1 Å². The van der Waals surface area contributed by atoms with Crippen LogP contribution in [0.4, 0.5) is 17.2 Å². The van der Waals surface area contributed by atoms with Crippen LogP contribution in [0.2, 0.25) is 0 Å². The van der Waals surface area contributed by atoms with Gasteiger partial charge >= 0.3 is 5.69 Å². The first kappa shape index (κ1) is 14.2. The predicted molar refractivity (Wildman–Crippen MR) is 75.5 cm³/mol. The highest BCUT2D eigenvalue weighted by molar-refractivity contribution is 6.08. The first-order valence-electron chi connectivity index (χ1n) is 5.85. The van der Waals surface area contributed by atoms with Gasteiger partial charge in [-0.1, -0.05) is 6.07 Å². The lowest BCUT2D eigenvalue weighted by Crippen LogP contribution is -2.17. The summed E-state index contributed by atoms with van der Waals surface area (Å²) >= 11 is 0. The molecule has 1 amide bonds. The SMILES string of the molecule is CNc1cccc(C(=O)Nc2ccc(=O)[nH]n2)c1[N+](=O)[O-]. The summed E-state index contributed by atoms with van der Waals surface area (Å²) in [4.78, 5) is 33.5. The molecule has 9 heteroatoms. The van der Waals surface area contributed by atoms with Crippen LogP contribution in [-0.2, 0) is 0 Å². The normalized spacial score (nSPS) is 9.95. The van der Waals surface area contributed by atoms with Crippen LogP contribution in [0.1, 0.15) is 10.4 Å². The first-order chi connectivity index (χ1) is 10.0. The Kier molecular flexibility index (Phi) is 3.93. The van der Waals surface area contributed by atoms with Crippen molar-refractivity contribution in [1.29, 1.82) is 0 Å². The number of nitro groups is 1. The van der Waals surface area contributed by atoms with E-state index in [9.17, 15) is 19.7 Å². The Labute approximate surface area is 118 Å². The fraction of sp³-hybridized carbons (Fsp3) is 0.0833. The van der Waals surface area contributed by atoms with Gasteiger partial charge in [-0.3, -0.25) is 19.7 Å². The number of anilines is 2. The molecule has 0 aliphatic heterocycles. The number of carbonyl (C=O) groups excluding carboxylic acids is 1. The van der Waals surface area contributed by atoms with Gasteiger partial charge in [-0.25, -0.2) is 5.10 Å². The van der Waals surface area contributed by atoms with Gasteiger partial charge in [-0.05, 0) is 18.2 Å². The van der Waals surface area contributed by atoms with Crippen molar-refractivity contribution in [3.8, 4) is 0 Å². The number of para-hydroxylation sites is 1. The van der Waals surface area contributed by atoms with Crippen LogP contribution in [-0.4, -0.2) is 28.1 Å². The van der Waals surface area contributed by atoms with Crippen molar-refractivity contribution < 1.29 is 9.72 Å². The van der Waals surface area contributed by atoms with Gasteiger partial charge in [0.15, 0.2) is 5.82 Å². The lowest BCUT2D eigenvalue weighted by Gasteiger charge is -2.07. The molecular weight excluding hydrogens is 278 g/mol. The number of benzene rings is 1. The minimum atomic E-state index is -0.696. The number of amides is 1. The molecule has 0 aliphatic rings. The molecule has 2 aromatic rings. The van der Waals surface area contributed by atoms with Gasteiger partial charge in [0, 0.05) is 13.1 Å². The van der Waals surface area contributed by atoms with Crippen LogP contribution in [0.3, 0.4) is 0 Å². The molecule has 1 heterocycles. The van der Waals surface area contributed by atoms with E-state index in [1.165, 1.54) is 37.4 Å². The number of carbonyl (C=O) groups is 1. The van der Waals surface area contributed by atoms with Gasteiger partial charge < -0.3 is 10.6 Å². The number of H-pyrrole nitrogens is 1. The first-order valence-corrected chi connectivity index (χ1v) is 5.85. The Morgan fingerprint density at radius 3 is 2.67 bits per heavy atom. The Balaban J connectivity index is 2.37. The summed E-state index contributed by atoms with van der Waals surface area (Å²) in [7, 11) is 1.52. The van der Waals surface area contributed by atoms with Gasteiger partial charge in [0.25, 0.3) is 11.5 Å². The molecule has 0 saturated heterocycles. The van der Waals surface area contributed by atoms with E-state index in [0.29, 0.717) is 0 Å². The number of aromatic nitrogens is 2. The van der Waals surface area contributed by atoms with E-state index in [1.54, 1.807) is 0 Å². The molecule has 2 rings (SSSR count). The van der Waals surface area contributed by atoms with E-state index in [0.717, 1.165) is 0 Å². The number of aromatic amines is 1. The fourth-order valence-electron chi connectivity index (χ4n) is 1.72. The van der Waals surface area contributed by atoms with E-state index in [1.807, 2.05) is 0 Å². The molecular formula is C12H11N5O4. The molecule has 108 valence electrons. The second kappa shape index (κ2) is 5.82. The Bertz CT molecular complexity index is 735. The number of nitrogens with zero attached hydrogens (tertiary/aromatic N) is 2. The Morgan fingerprint density at radius 1 is 1.33 bits per heavy atom. The minimum Gasteiger partial charge on any atom is -0.383 e. The average molecular weight is 289 g/mol. The van der Waals surface area contributed by atoms with E-state index in [2.05, 4.69) is 20.8 Å². The highest BCUT2D eigenvalue weighted by Gasteiger charge is 2.24. The quantitative estimate of drug-likeness (QED) is 0.568. The summed E-state index contributed by atoms with van der Waals surface area (Å²) in [6.07, 6.45) is 0. The van der Waals surface area contributed by atoms with Crippen LogP contribution >= 0.6 is 0 Å². The van der Waals surface area contributed by atoms with Crippen molar-refractivity contribution in [3.05, 3.63) is 56.4 Å². The maximum atomic E-state index is 12.1. The molecule has 1 aromatic heterocycles. The van der Waals surface area contributed by atoms with Crippen molar-refractivity contribution in [2.75, 3.05) is 17.7 Å². The van der Waals surface area contributed by atoms with Crippen LogP contribution in [0, 0.1) is 10.1 Å². The molecule has 0 spiro atoms. The maximum Gasteiger partial charge on any atom is 0.305 e. The van der Waals surface area contributed by atoms with E-state index < -0.39 is 16.4 Å². The number of nitro benzene ring substituents is 1. The summed E-state index contributed by atoms with van der Waals surface area (Å²) in [6.45, 7) is 0. The molecule has 3 N–H and O–H groups in total. The second-order valence-corrected chi connectivity index (χ2v) is 3.97. The lowest BCUT2D eigenvalue weighted by atomic mass is 10.1. The van der Waals surface area contributed by atoms with E-state index >= 15 is 0 Å². The predicted octanol–water partition coefficient (Wildman–Crippen LogP) is 0.972. The van der Waals surface area contributed by atoms with Crippen LogP contribution in [0.5, 0.6) is 0 Å². The van der Waals surface area contributed by atoms with Crippen molar-refractivity contribution in [2.24, 2.45) is 0 Å². The monoisotopic (exact) mass is 289 g/mol. The topological polar surface area (TPSA) is 130 Å². The lowest BCUT2D eigenvalue weighted by molar-refractivity contribution is -0.384. The van der Waals surface area contributed by atoms with Gasteiger partial charge in [0.05, 0.1) is 4.92 Å². The smallest absolute Gasteiger partial charge is 0.305 e. The summed E-state index contributed by atoms with van der Waals surface area (Å²) < 4.78 is 0. The number of hydrogen-bond acceptors (Lipinski definition) is 6. The zero-order valence-electron chi connectivity index (χ0n) is 10.9. The molecule has 0 unspecified atom stereocenters. The molecule has 21 heavy (non-hydrogen) atoms. The zero-order valence-corrected chi connectivity index (χ0v) is 10.9. The highest BCUT2D eigenvalue weighted by Crippen LogP contribution is 2.28. The van der Waals surface area contributed by atoms with Gasteiger partial charge in [-0.2, -0.15) is 5.10 Å². The molecule has 0 atom stereocenters.